The first-order valence-electron chi connectivity index (χ1n) is 19.5. The number of alkyl halides is 3. The highest BCUT2D eigenvalue weighted by Crippen LogP contribution is 2.31. The van der Waals surface area contributed by atoms with Crippen LogP contribution in [0.3, 0.4) is 0 Å². The van der Waals surface area contributed by atoms with Crippen LogP contribution < -0.4 is 21.7 Å². The zero-order chi connectivity index (χ0) is 45.5. The van der Waals surface area contributed by atoms with Gasteiger partial charge in [0.15, 0.2) is 17.2 Å². The first-order chi connectivity index (χ1) is 30.7. The van der Waals surface area contributed by atoms with Gasteiger partial charge in [-0.1, -0.05) is 24.0 Å². The number of oxazole rings is 1. The molecular weight excluding hydrogens is 840 g/mol. The topological polar surface area (TPSA) is 242 Å². The van der Waals surface area contributed by atoms with Crippen molar-refractivity contribution in [3.63, 3.8) is 0 Å². The maximum Gasteiger partial charge on any atom is 0.405 e. The number of aryl methyl sites for hydroxylation is 1. The van der Waals surface area contributed by atoms with Gasteiger partial charge in [0, 0.05) is 43.0 Å². The number of hydrogen-bond donors (Lipinski definition) is 4. The van der Waals surface area contributed by atoms with Gasteiger partial charge < -0.3 is 20.8 Å². The van der Waals surface area contributed by atoms with Crippen molar-refractivity contribution >= 4 is 52.7 Å². The molecule has 3 aromatic heterocycles. The number of aromatic nitrogens is 4. The van der Waals surface area contributed by atoms with Crippen molar-refractivity contribution in [1.82, 2.24) is 30.0 Å². The van der Waals surface area contributed by atoms with E-state index in [1.165, 1.54) is 29.2 Å². The Labute approximate surface area is 361 Å². The largest absolute Gasteiger partial charge is 0.444 e. The van der Waals surface area contributed by atoms with Crippen LogP contribution in [0, 0.1) is 23.7 Å². The lowest BCUT2D eigenvalue weighted by Crippen LogP contribution is -2.54. The van der Waals surface area contributed by atoms with Crippen molar-refractivity contribution < 1.29 is 51.2 Å². The average Bonchev–Trinajstić information content (AvgIpc) is 4.00. The van der Waals surface area contributed by atoms with E-state index in [1.54, 1.807) is 42.5 Å². The Kier molecular flexibility index (Phi) is 12.8. The molecule has 2 aliphatic heterocycles. The Morgan fingerprint density at radius 3 is 2.48 bits per heavy atom. The number of imide groups is 2. The molecular formula is C44H34F3N9O8. The second-order valence-corrected chi connectivity index (χ2v) is 14.3. The third-order valence-electron chi connectivity index (χ3n) is 9.88. The molecule has 5 N–H and O–H groups in total. The molecule has 2 aliphatic rings. The fourth-order valence-corrected chi connectivity index (χ4v) is 6.82. The van der Waals surface area contributed by atoms with E-state index in [4.69, 9.17) is 10.2 Å². The molecule has 6 amide bonds. The number of fused-ring (bicyclic) bond motifs is 1. The lowest BCUT2D eigenvalue weighted by molar-refractivity contribution is -0.136. The zero-order valence-corrected chi connectivity index (χ0v) is 33.4. The van der Waals surface area contributed by atoms with E-state index in [2.05, 4.69) is 54.7 Å². The number of carbonyl (C=O) groups is 7. The number of unbranched alkanes of at least 4 members (excludes halogenated alkanes) is 1. The number of rotatable bonds is 14. The summed E-state index contributed by atoms with van der Waals surface area (Å²) in [6.07, 6.45) is 1.07. The van der Waals surface area contributed by atoms with Crippen molar-refractivity contribution in [2.24, 2.45) is 5.73 Å². The van der Waals surface area contributed by atoms with E-state index in [0.717, 1.165) is 11.2 Å². The minimum absolute atomic E-state index is 0.0344. The van der Waals surface area contributed by atoms with Crippen molar-refractivity contribution in [2.45, 2.75) is 57.2 Å². The van der Waals surface area contributed by atoms with E-state index < -0.39 is 54.2 Å². The number of carbonyl (C=O) groups excluding carboxylic acids is 7. The number of ketones is 1. The number of benzene rings is 2. The van der Waals surface area contributed by atoms with Crippen molar-refractivity contribution in [3.8, 4) is 40.8 Å². The summed E-state index contributed by atoms with van der Waals surface area (Å²) in [5.74, 6) is 6.95. The summed E-state index contributed by atoms with van der Waals surface area (Å²) in [6, 6.07) is 12.9. The predicted octanol–water partition coefficient (Wildman–Crippen LogP) is 4.64. The Bertz CT molecular complexity index is 2840. The number of anilines is 2. The van der Waals surface area contributed by atoms with E-state index in [1.807, 2.05) is 0 Å². The predicted molar refractivity (Wildman–Crippen MR) is 219 cm³/mol. The zero-order valence-electron chi connectivity index (χ0n) is 33.4. The fourth-order valence-electron chi connectivity index (χ4n) is 6.82. The fraction of sp³-hybridized carbons (Fsp3) is 0.227. The van der Waals surface area contributed by atoms with Crippen molar-refractivity contribution in [2.75, 3.05) is 17.2 Å². The normalized spacial score (nSPS) is 14.5. The minimum atomic E-state index is -4.47. The smallest absolute Gasteiger partial charge is 0.405 e. The molecule has 1 unspecified atom stereocenters. The second kappa shape index (κ2) is 18.7. The molecule has 20 heteroatoms. The summed E-state index contributed by atoms with van der Waals surface area (Å²) in [5, 5.41) is 11.0. The number of amides is 6. The van der Waals surface area contributed by atoms with E-state index in [9.17, 15) is 46.7 Å². The summed E-state index contributed by atoms with van der Waals surface area (Å²) in [6.45, 7) is -1.31. The Hall–Kier alpha value is -8.39. The number of primary amides is 1. The van der Waals surface area contributed by atoms with Gasteiger partial charge in [-0.05, 0) is 79.1 Å². The molecule has 0 saturated carbocycles. The lowest BCUT2D eigenvalue weighted by atomic mass is 9.98. The molecule has 0 radical (unpaired) electrons. The van der Waals surface area contributed by atoms with Crippen molar-refractivity contribution in [3.05, 3.63) is 107 Å². The highest BCUT2D eigenvalue weighted by Gasteiger charge is 2.45. The van der Waals surface area contributed by atoms with Crippen LogP contribution in [0.2, 0.25) is 0 Å². The molecule has 0 bridgehead atoms. The molecule has 5 aromatic rings. The quantitative estimate of drug-likeness (QED) is 0.0517. The number of Topliss-reactive ketones (excluding diaryl/α,β-unsaturated/α-hetero) is 1. The molecule has 5 heterocycles. The summed E-state index contributed by atoms with van der Waals surface area (Å²) >= 11 is 0. The number of pyridine rings is 1. The Morgan fingerprint density at radius 2 is 1.75 bits per heavy atom. The van der Waals surface area contributed by atoms with Gasteiger partial charge in [0.1, 0.15) is 24.7 Å². The molecule has 1 atom stereocenters. The van der Waals surface area contributed by atoms with Gasteiger partial charge in [0.2, 0.25) is 17.7 Å². The minimum Gasteiger partial charge on any atom is -0.444 e. The van der Waals surface area contributed by atoms with Gasteiger partial charge >= 0.3 is 6.18 Å². The van der Waals surface area contributed by atoms with Gasteiger partial charge in [-0.15, -0.1) is 0 Å². The number of piperidine rings is 1. The average molecular weight is 874 g/mol. The van der Waals surface area contributed by atoms with Crippen LogP contribution in [0.1, 0.15) is 96.1 Å². The standard InChI is InChI=1S/C44H34F3N9O8/c45-44(46,47)24-50-34-21-27(19-20-49-34)41-52-31(23-64-41)39(60)51-30-22-55(54-37(30)38(48)59)28-15-13-25(14-16-28)33(57)12-7-5-3-1-2-4-6-9-26-10-8-11-29-36(26)43(63)56(42(29)62)32-17-18-35(58)53-40(32)61/h8,10-11,13-16,19-23,32H,4,6-7,9,12,17-18,24H2,(H2,48,59)(H,49,50)(H,51,60)(H,53,58,61). The van der Waals surface area contributed by atoms with Crippen molar-refractivity contribution in [1.29, 1.82) is 0 Å². The van der Waals surface area contributed by atoms with Gasteiger partial charge in [-0.25, -0.2) is 14.6 Å². The molecule has 17 nitrogen and oxygen atoms in total. The number of nitrogens with one attached hydrogen (secondary N) is 3. The molecule has 1 saturated heterocycles. The number of nitrogens with zero attached hydrogens (tertiary/aromatic N) is 5. The van der Waals surface area contributed by atoms with Crippen LogP contribution in [-0.2, 0) is 16.0 Å². The number of hydrogen-bond acceptors (Lipinski definition) is 12. The van der Waals surface area contributed by atoms with E-state index in [-0.39, 0.29) is 76.9 Å². The Morgan fingerprint density at radius 1 is 0.984 bits per heavy atom. The lowest BCUT2D eigenvalue weighted by Gasteiger charge is -2.27. The summed E-state index contributed by atoms with van der Waals surface area (Å²) < 4.78 is 44.5. The molecule has 0 spiro atoms. The maximum atomic E-state index is 13.3. The molecule has 2 aromatic carbocycles. The van der Waals surface area contributed by atoms with Crippen LogP contribution in [-0.4, -0.2) is 84.6 Å². The molecule has 7 rings (SSSR count). The first-order valence-corrected chi connectivity index (χ1v) is 19.5. The summed E-state index contributed by atoms with van der Waals surface area (Å²) in [5.41, 5.74) is 7.17. The maximum absolute atomic E-state index is 13.3. The summed E-state index contributed by atoms with van der Waals surface area (Å²) in [7, 11) is 0. The Balaban J connectivity index is 0.884. The van der Waals surface area contributed by atoms with E-state index in [0.29, 0.717) is 36.1 Å². The van der Waals surface area contributed by atoms with Crippen LogP contribution in [0.25, 0.3) is 17.1 Å². The third-order valence-corrected chi connectivity index (χ3v) is 9.88. The van der Waals surface area contributed by atoms with Gasteiger partial charge in [0.05, 0.1) is 28.7 Å². The van der Waals surface area contributed by atoms with Crippen LogP contribution in [0.5, 0.6) is 0 Å². The molecule has 324 valence electrons. The monoisotopic (exact) mass is 873 g/mol. The van der Waals surface area contributed by atoms with Crippen LogP contribution >= 0.6 is 0 Å². The van der Waals surface area contributed by atoms with E-state index >= 15 is 0 Å². The first kappa shape index (κ1) is 43.7. The highest BCUT2D eigenvalue weighted by atomic mass is 19.4. The number of nitrogens with two attached hydrogens (primary N) is 1. The number of halogens is 3. The highest BCUT2D eigenvalue weighted by molar-refractivity contribution is 6.24. The van der Waals surface area contributed by atoms with Gasteiger partial charge in [-0.3, -0.25) is 43.8 Å². The third kappa shape index (κ3) is 10.0. The molecule has 0 aliphatic carbocycles. The van der Waals surface area contributed by atoms with Crippen LogP contribution in [0.15, 0.2) is 77.7 Å². The SMILES string of the molecule is NC(=O)c1nn(-c2ccc(C(=O)CCC#CC#CCCCc3cccc4c3C(=O)N(C3CCC(=O)NC3=O)C4=O)cc2)cc1NC(=O)c1coc(-c2ccnc(NCC(F)(F)F)c2)n1. The van der Waals surface area contributed by atoms with Crippen LogP contribution in [0.4, 0.5) is 24.7 Å². The molecule has 1 fully saturated rings. The van der Waals surface area contributed by atoms with Gasteiger partial charge in [0.25, 0.3) is 23.6 Å². The van der Waals surface area contributed by atoms with Gasteiger partial charge in [-0.2, -0.15) is 18.3 Å². The summed E-state index contributed by atoms with van der Waals surface area (Å²) in [4.78, 5) is 97.3. The second-order valence-electron chi connectivity index (χ2n) is 14.3. The molecule has 64 heavy (non-hydrogen) atoms.